The lowest BCUT2D eigenvalue weighted by atomic mass is 10.0. The van der Waals surface area contributed by atoms with Crippen molar-refractivity contribution in [3.8, 4) is 0 Å². The topological polar surface area (TPSA) is 29.9 Å². The van der Waals surface area contributed by atoms with Gasteiger partial charge in [-0.1, -0.05) is 6.07 Å². The second-order valence-corrected chi connectivity index (χ2v) is 6.42. The molecular formula is C19H19F2N3. The van der Waals surface area contributed by atoms with E-state index in [0.29, 0.717) is 30.0 Å². The van der Waals surface area contributed by atoms with E-state index in [-0.39, 0.29) is 0 Å². The Morgan fingerprint density at radius 2 is 2.17 bits per heavy atom. The Balaban J connectivity index is 1.82. The van der Waals surface area contributed by atoms with E-state index < -0.39 is 11.6 Å². The molecule has 2 aromatic heterocycles. The third-order valence-corrected chi connectivity index (χ3v) is 4.74. The standard InChI is InChI=1S/C19H19F2N3/c1-12-8-18-16(11-23-12)15-9-13(20)10-17(21)19(15)24(18)7-5-14-4-2-3-6-22-14/h2-4,6,9-10,12,23H,5,7-8,11H2,1H3. The van der Waals surface area contributed by atoms with Crippen molar-refractivity contribution in [3.05, 3.63) is 65.1 Å². The smallest absolute Gasteiger partial charge is 0.150 e. The van der Waals surface area contributed by atoms with Crippen LogP contribution in [-0.2, 0) is 25.9 Å². The fraction of sp³-hybridized carbons (Fsp3) is 0.316. The number of aromatic nitrogens is 2. The van der Waals surface area contributed by atoms with Crippen molar-refractivity contribution in [3.63, 3.8) is 0 Å². The lowest BCUT2D eigenvalue weighted by Crippen LogP contribution is -2.33. The Labute approximate surface area is 139 Å². The lowest BCUT2D eigenvalue weighted by molar-refractivity contribution is 0.491. The number of fused-ring (bicyclic) bond motifs is 3. The number of hydrogen-bond donors (Lipinski definition) is 1. The molecule has 1 unspecified atom stereocenters. The predicted molar refractivity (Wildman–Crippen MR) is 89.8 cm³/mol. The number of nitrogens with one attached hydrogen (secondary N) is 1. The van der Waals surface area contributed by atoms with Crippen LogP contribution in [0.5, 0.6) is 0 Å². The van der Waals surface area contributed by atoms with Gasteiger partial charge in [0.1, 0.15) is 11.6 Å². The molecule has 0 saturated carbocycles. The molecule has 1 aromatic carbocycles. The average molecular weight is 327 g/mol. The van der Waals surface area contributed by atoms with Gasteiger partial charge in [0.25, 0.3) is 0 Å². The summed E-state index contributed by atoms with van der Waals surface area (Å²) in [5.41, 5.74) is 3.60. The van der Waals surface area contributed by atoms with E-state index in [1.165, 1.54) is 6.07 Å². The first-order valence-corrected chi connectivity index (χ1v) is 8.26. The van der Waals surface area contributed by atoms with Crippen LogP contribution in [0.3, 0.4) is 0 Å². The molecule has 0 amide bonds. The number of pyridine rings is 1. The van der Waals surface area contributed by atoms with Crippen molar-refractivity contribution in [2.24, 2.45) is 0 Å². The van der Waals surface area contributed by atoms with Crippen molar-refractivity contribution in [2.45, 2.75) is 38.9 Å². The van der Waals surface area contributed by atoms with E-state index in [1.807, 2.05) is 22.8 Å². The summed E-state index contributed by atoms with van der Waals surface area (Å²) in [6.07, 6.45) is 3.30. The molecular weight excluding hydrogens is 308 g/mol. The van der Waals surface area contributed by atoms with Gasteiger partial charge in [-0.15, -0.1) is 0 Å². The van der Waals surface area contributed by atoms with Crippen molar-refractivity contribution in [1.29, 1.82) is 0 Å². The van der Waals surface area contributed by atoms with Crippen molar-refractivity contribution < 1.29 is 8.78 Å². The van der Waals surface area contributed by atoms with Gasteiger partial charge in [0, 0.05) is 61.0 Å². The van der Waals surface area contributed by atoms with Crippen LogP contribution in [0.25, 0.3) is 10.9 Å². The molecule has 3 heterocycles. The molecule has 0 aliphatic carbocycles. The van der Waals surface area contributed by atoms with Gasteiger partial charge < -0.3 is 9.88 Å². The van der Waals surface area contributed by atoms with Gasteiger partial charge in [-0.3, -0.25) is 4.98 Å². The molecule has 0 spiro atoms. The highest BCUT2D eigenvalue weighted by Gasteiger charge is 2.25. The van der Waals surface area contributed by atoms with E-state index in [9.17, 15) is 8.78 Å². The van der Waals surface area contributed by atoms with Gasteiger partial charge in [-0.05, 0) is 30.7 Å². The fourth-order valence-corrected chi connectivity index (χ4v) is 3.61. The molecule has 0 radical (unpaired) electrons. The van der Waals surface area contributed by atoms with Crippen LogP contribution in [0.2, 0.25) is 0 Å². The zero-order chi connectivity index (χ0) is 16.7. The van der Waals surface area contributed by atoms with E-state index in [0.717, 1.165) is 35.9 Å². The molecule has 1 aliphatic rings. The van der Waals surface area contributed by atoms with Crippen LogP contribution < -0.4 is 5.32 Å². The third kappa shape index (κ3) is 2.59. The molecule has 1 aliphatic heterocycles. The lowest BCUT2D eigenvalue weighted by Gasteiger charge is -2.22. The Kier molecular flexibility index (Phi) is 3.81. The van der Waals surface area contributed by atoms with Crippen LogP contribution in [-0.4, -0.2) is 15.6 Å². The van der Waals surface area contributed by atoms with E-state index >= 15 is 0 Å². The minimum absolute atomic E-state index is 0.323. The maximum atomic E-state index is 14.5. The van der Waals surface area contributed by atoms with Crippen LogP contribution >= 0.6 is 0 Å². The molecule has 0 bridgehead atoms. The molecule has 0 fully saturated rings. The van der Waals surface area contributed by atoms with Crippen LogP contribution in [0, 0.1) is 11.6 Å². The van der Waals surface area contributed by atoms with Gasteiger partial charge in [0.15, 0.2) is 0 Å². The molecule has 4 rings (SSSR count). The van der Waals surface area contributed by atoms with Gasteiger partial charge in [-0.25, -0.2) is 8.78 Å². The highest BCUT2D eigenvalue weighted by molar-refractivity contribution is 5.86. The highest BCUT2D eigenvalue weighted by Crippen LogP contribution is 2.32. The summed E-state index contributed by atoms with van der Waals surface area (Å²) in [6.45, 7) is 3.39. The van der Waals surface area contributed by atoms with Crippen LogP contribution in [0.15, 0.2) is 36.5 Å². The van der Waals surface area contributed by atoms with Crippen molar-refractivity contribution >= 4 is 10.9 Å². The number of hydrogen-bond acceptors (Lipinski definition) is 2. The summed E-state index contributed by atoms with van der Waals surface area (Å²) in [7, 11) is 0. The van der Waals surface area contributed by atoms with Gasteiger partial charge in [0.05, 0.1) is 5.52 Å². The largest absolute Gasteiger partial charge is 0.341 e. The minimum atomic E-state index is -0.525. The van der Waals surface area contributed by atoms with Gasteiger partial charge in [0.2, 0.25) is 0 Å². The molecule has 124 valence electrons. The summed E-state index contributed by atoms with van der Waals surface area (Å²) >= 11 is 0. The summed E-state index contributed by atoms with van der Waals surface area (Å²) in [5, 5.41) is 4.07. The van der Waals surface area contributed by atoms with Crippen molar-refractivity contribution in [2.75, 3.05) is 0 Å². The first kappa shape index (κ1) is 15.3. The summed E-state index contributed by atoms with van der Waals surface area (Å²) < 4.78 is 30.3. The Hall–Kier alpha value is -2.27. The second-order valence-electron chi connectivity index (χ2n) is 6.42. The predicted octanol–water partition coefficient (Wildman–Crippen LogP) is 3.59. The monoisotopic (exact) mass is 327 g/mol. The maximum absolute atomic E-state index is 14.5. The zero-order valence-corrected chi connectivity index (χ0v) is 13.5. The zero-order valence-electron chi connectivity index (χ0n) is 13.5. The Morgan fingerprint density at radius 1 is 1.29 bits per heavy atom. The Morgan fingerprint density at radius 3 is 2.96 bits per heavy atom. The molecule has 3 aromatic rings. The van der Waals surface area contributed by atoms with E-state index in [2.05, 4.69) is 17.2 Å². The number of halogens is 2. The SMILES string of the molecule is CC1Cc2c(c3cc(F)cc(F)c3n2CCc2ccccn2)CN1. The Bertz CT molecular complexity index is 887. The van der Waals surface area contributed by atoms with E-state index in [1.54, 1.807) is 6.20 Å². The molecule has 3 nitrogen and oxygen atoms in total. The molecule has 1 atom stereocenters. The number of aryl methyl sites for hydroxylation is 2. The number of rotatable bonds is 3. The van der Waals surface area contributed by atoms with Crippen molar-refractivity contribution in [1.82, 2.24) is 14.9 Å². The minimum Gasteiger partial charge on any atom is -0.341 e. The van der Waals surface area contributed by atoms with Crippen LogP contribution in [0.1, 0.15) is 23.9 Å². The number of nitrogens with zero attached hydrogens (tertiary/aromatic N) is 2. The average Bonchev–Trinajstić information content (AvgIpc) is 2.87. The number of benzene rings is 1. The second kappa shape index (κ2) is 5.98. The van der Waals surface area contributed by atoms with Crippen LogP contribution in [0.4, 0.5) is 8.78 Å². The maximum Gasteiger partial charge on any atom is 0.150 e. The van der Waals surface area contributed by atoms with Gasteiger partial charge >= 0.3 is 0 Å². The molecule has 5 heteroatoms. The normalized spacial score (nSPS) is 17.2. The fourth-order valence-electron chi connectivity index (χ4n) is 3.61. The summed E-state index contributed by atoms with van der Waals surface area (Å²) in [4.78, 5) is 4.34. The summed E-state index contributed by atoms with van der Waals surface area (Å²) in [6, 6.07) is 8.55. The highest BCUT2D eigenvalue weighted by atomic mass is 19.1. The van der Waals surface area contributed by atoms with E-state index in [4.69, 9.17) is 0 Å². The summed E-state index contributed by atoms with van der Waals surface area (Å²) in [5.74, 6) is -1.02. The first-order valence-electron chi connectivity index (χ1n) is 8.26. The quantitative estimate of drug-likeness (QED) is 0.797. The molecule has 1 N–H and O–H groups in total. The first-order chi connectivity index (χ1) is 11.6. The third-order valence-electron chi connectivity index (χ3n) is 4.74. The molecule has 0 saturated heterocycles. The molecule has 24 heavy (non-hydrogen) atoms. The van der Waals surface area contributed by atoms with Gasteiger partial charge in [-0.2, -0.15) is 0 Å².